The topological polar surface area (TPSA) is 70.2 Å². The number of nitrogens with one attached hydrogen (secondary N) is 3. The van der Waals surface area contributed by atoms with Crippen molar-refractivity contribution >= 4 is 29.4 Å². The van der Waals surface area contributed by atoms with Crippen molar-refractivity contribution in [3.8, 4) is 0 Å². The lowest BCUT2D eigenvalue weighted by molar-refractivity contribution is -0.116. The monoisotopic (exact) mass is 333 g/mol. The molecule has 3 N–H and O–H groups in total. The Bertz CT molecular complexity index is 593. The van der Waals surface area contributed by atoms with Gasteiger partial charge in [-0.25, -0.2) is 4.79 Å². The Labute approximate surface area is 141 Å². The number of fused-ring (bicyclic) bond motifs is 1. The Hall–Kier alpha value is -1.69. The van der Waals surface area contributed by atoms with Crippen LogP contribution in [0.15, 0.2) is 24.3 Å². The highest BCUT2D eigenvalue weighted by Crippen LogP contribution is 2.33. The van der Waals surface area contributed by atoms with Gasteiger partial charge in [0.1, 0.15) is 0 Å². The number of unbranched alkanes of at least 4 members (excludes halogenated alkanes) is 1. The van der Waals surface area contributed by atoms with Crippen LogP contribution in [0.2, 0.25) is 0 Å². The minimum atomic E-state index is -0.0390. The zero-order valence-electron chi connectivity index (χ0n) is 13.3. The van der Waals surface area contributed by atoms with Crippen molar-refractivity contribution in [1.82, 2.24) is 10.6 Å². The van der Waals surface area contributed by atoms with E-state index >= 15 is 0 Å². The fourth-order valence-corrected chi connectivity index (χ4v) is 4.74. The molecule has 0 aliphatic carbocycles. The molecule has 3 amide bonds. The molecule has 2 saturated heterocycles. The molecule has 2 fully saturated rings. The highest BCUT2D eigenvalue weighted by Gasteiger charge is 2.42. The molecule has 3 rings (SSSR count). The van der Waals surface area contributed by atoms with E-state index in [9.17, 15) is 9.59 Å². The maximum Gasteiger partial charge on any atom is 0.315 e. The van der Waals surface area contributed by atoms with Crippen LogP contribution in [0.5, 0.6) is 0 Å². The van der Waals surface area contributed by atoms with Gasteiger partial charge < -0.3 is 16.0 Å². The van der Waals surface area contributed by atoms with Crippen LogP contribution in [0.4, 0.5) is 10.5 Å². The number of hydrogen-bond acceptors (Lipinski definition) is 3. The molecular weight excluding hydrogens is 310 g/mol. The molecule has 0 aromatic heterocycles. The third-order valence-electron chi connectivity index (χ3n) is 4.50. The molecule has 3 atom stereocenters. The van der Waals surface area contributed by atoms with Gasteiger partial charge in [0, 0.05) is 23.1 Å². The largest absolute Gasteiger partial charge is 0.332 e. The predicted molar refractivity (Wildman–Crippen MR) is 93.8 cm³/mol. The van der Waals surface area contributed by atoms with Crippen LogP contribution in [0.3, 0.4) is 0 Å². The summed E-state index contributed by atoms with van der Waals surface area (Å²) in [4.78, 5) is 23.3. The Morgan fingerprint density at radius 1 is 1.30 bits per heavy atom. The molecule has 6 heteroatoms. The van der Waals surface area contributed by atoms with Crippen LogP contribution in [-0.2, 0) is 4.79 Å². The molecule has 0 radical (unpaired) electrons. The van der Waals surface area contributed by atoms with Gasteiger partial charge in [0.25, 0.3) is 0 Å². The van der Waals surface area contributed by atoms with Crippen molar-refractivity contribution in [2.45, 2.75) is 49.9 Å². The summed E-state index contributed by atoms with van der Waals surface area (Å²) in [6.07, 6.45) is 3.49. The van der Waals surface area contributed by atoms with E-state index in [1.807, 2.05) is 43.0 Å². The summed E-state index contributed by atoms with van der Waals surface area (Å²) in [7, 11) is 0. The van der Waals surface area contributed by atoms with Crippen LogP contribution in [0, 0.1) is 6.92 Å². The average Bonchev–Trinajstić information content (AvgIpc) is 3.06. The quantitative estimate of drug-likeness (QED) is 0.554. The zero-order chi connectivity index (χ0) is 16.2. The summed E-state index contributed by atoms with van der Waals surface area (Å²) in [5, 5.41) is 9.40. The van der Waals surface area contributed by atoms with Gasteiger partial charge in [-0.2, -0.15) is 11.8 Å². The number of benzene rings is 1. The van der Waals surface area contributed by atoms with Crippen LogP contribution in [0.1, 0.15) is 31.2 Å². The SMILES string of the molecule is Cc1ccccc1NC(=O)CCCCC1SCC2NC(=O)NC21. The van der Waals surface area contributed by atoms with Gasteiger partial charge in [-0.3, -0.25) is 4.79 Å². The van der Waals surface area contributed by atoms with Crippen molar-refractivity contribution in [2.75, 3.05) is 11.1 Å². The van der Waals surface area contributed by atoms with Crippen molar-refractivity contribution in [3.05, 3.63) is 29.8 Å². The average molecular weight is 333 g/mol. The maximum absolute atomic E-state index is 12.0. The lowest BCUT2D eigenvalue weighted by Crippen LogP contribution is -2.36. The first kappa shape index (κ1) is 16.2. The maximum atomic E-state index is 12.0. The number of hydrogen-bond donors (Lipinski definition) is 3. The lowest BCUT2D eigenvalue weighted by atomic mass is 10.0. The molecule has 2 aliphatic rings. The highest BCUT2D eigenvalue weighted by atomic mass is 32.2. The molecular formula is C17H23N3O2S. The number of para-hydroxylation sites is 1. The number of thioether (sulfide) groups is 1. The van der Waals surface area contributed by atoms with Crippen LogP contribution >= 0.6 is 11.8 Å². The van der Waals surface area contributed by atoms with Crippen molar-refractivity contribution < 1.29 is 9.59 Å². The molecule has 0 saturated carbocycles. The molecule has 2 aliphatic heterocycles. The normalized spacial score (nSPS) is 25.6. The van der Waals surface area contributed by atoms with E-state index in [0.717, 1.165) is 36.3 Å². The third kappa shape index (κ3) is 3.99. The Kier molecular flexibility index (Phi) is 5.10. The van der Waals surface area contributed by atoms with Gasteiger partial charge in [-0.1, -0.05) is 24.6 Å². The summed E-state index contributed by atoms with van der Waals surface area (Å²) in [5.41, 5.74) is 1.98. The number of carbonyl (C=O) groups is 2. The van der Waals surface area contributed by atoms with E-state index in [1.54, 1.807) is 0 Å². The number of amides is 3. The van der Waals surface area contributed by atoms with Crippen molar-refractivity contribution in [3.63, 3.8) is 0 Å². The Morgan fingerprint density at radius 3 is 2.96 bits per heavy atom. The van der Waals surface area contributed by atoms with E-state index in [0.29, 0.717) is 11.7 Å². The second-order valence-corrected chi connectivity index (χ2v) is 7.50. The van der Waals surface area contributed by atoms with Crippen LogP contribution in [0.25, 0.3) is 0 Å². The molecule has 5 nitrogen and oxygen atoms in total. The standard InChI is InChI=1S/C17H23N3O2S/c1-11-6-2-3-7-12(11)18-15(21)9-5-4-8-14-16-13(10-23-14)19-17(22)20-16/h2-3,6-7,13-14,16H,4-5,8-10H2,1H3,(H,18,21)(H2,19,20,22). The van der Waals surface area contributed by atoms with E-state index in [4.69, 9.17) is 0 Å². The third-order valence-corrected chi connectivity index (χ3v) is 6.01. The van der Waals surface area contributed by atoms with Gasteiger partial charge in [0.2, 0.25) is 5.91 Å². The molecule has 0 bridgehead atoms. The minimum Gasteiger partial charge on any atom is -0.332 e. The van der Waals surface area contributed by atoms with Crippen LogP contribution in [-0.4, -0.2) is 35.0 Å². The molecule has 1 aromatic carbocycles. The first-order valence-corrected chi connectivity index (χ1v) is 9.22. The van der Waals surface area contributed by atoms with Gasteiger partial charge in [-0.05, 0) is 31.4 Å². The number of aryl methyl sites for hydroxylation is 1. The fraction of sp³-hybridized carbons (Fsp3) is 0.529. The van der Waals surface area contributed by atoms with Gasteiger partial charge in [-0.15, -0.1) is 0 Å². The molecule has 0 spiro atoms. The lowest BCUT2D eigenvalue weighted by Gasteiger charge is -2.16. The number of rotatable bonds is 6. The second kappa shape index (κ2) is 7.25. The summed E-state index contributed by atoms with van der Waals surface area (Å²) >= 11 is 1.92. The number of carbonyl (C=O) groups excluding carboxylic acids is 2. The zero-order valence-corrected chi connectivity index (χ0v) is 14.1. The summed E-state index contributed by atoms with van der Waals surface area (Å²) in [6, 6.07) is 8.32. The van der Waals surface area contributed by atoms with Crippen LogP contribution < -0.4 is 16.0 Å². The molecule has 124 valence electrons. The minimum absolute atomic E-state index is 0.0390. The number of urea groups is 1. The summed E-state index contributed by atoms with van der Waals surface area (Å²) in [5.74, 6) is 1.06. The van der Waals surface area contributed by atoms with Crippen molar-refractivity contribution in [2.24, 2.45) is 0 Å². The molecule has 23 heavy (non-hydrogen) atoms. The predicted octanol–water partition coefficient (Wildman–Crippen LogP) is 2.66. The van der Waals surface area contributed by atoms with E-state index in [2.05, 4.69) is 16.0 Å². The smallest absolute Gasteiger partial charge is 0.315 e. The highest BCUT2D eigenvalue weighted by molar-refractivity contribution is 8.00. The summed E-state index contributed by atoms with van der Waals surface area (Å²) < 4.78 is 0. The van der Waals surface area contributed by atoms with E-state index in [-0.39, 0.29) is 24.0 Å². The first-order valence-electron chi connectivity index (χ1n) is 8.17. The second-order valence-electron chi connectivity index (χ2n) is 6.23. The summed E-state index contributed by atoms with van der Waals surface area (Å²) in [6.45, 7) is 1.99. The van der Waals surface area contributed by atoms with Gasteiger partial charge in [0.15, 0.2) is 0 Å². The Balaban J connectivity index is 1.36. The van der Waals surface area contributed by atoms with Crippen molar-refractivity contribution in [1.29, 1.82) is 0 Å². The van der Waals surface area contributed by atoms with Gasteiger partial charge >= 0.3 is 6.03 Å². The first-order chi connectivity index (χ1) is 11.1. The van der Waals surface area contributed by atoms with E-state index < -0.39 is 0 Å². The van der Waals surface area contributed by atoms with E-state index in [1.165, 1.54) is 0 Å². The molecule has 2 heterocycles. The fourth-order valence-electron chi connectivity index (χ4n) is 3.20. The van der Waals surface area contributed by atoms with Gasteiger partial charge in [0.05, 0.1) is 12.1 Å². The molecule has 1 aromatic rings. The number of anilines is 1. The molecule has 3 unspecified atom stereocenters. The Morgan fingerprint density at radius 2 is 2.13 bits per heavy atom.